The predicted octanol–water partition coefficient (Wildman–Crippen LogP) is 1.50. The molecule has 1 N–H and O–H groups in total. The molecule has 0 aliphatic carbocycles. The fraction of sp³-hybridized carbons (Fsp3) is 1.00. The summed E-state index contributed by atoms with van der Waals surface area (Å²) in [6.45, 7) is 6.45. The lowest BCUT2D eigenvalue weighted by atomic mass is 10.2. The summed E-state index contributed by atoms with van der Waals surface area (Å²) in [7, 11) is 2.63. The van der Waals surface area contributed by atoms with E-state index in [0.717, 1.165) is 25.6 Å². The van der Waals surface area contributed by atoms with Gasteiger partial charge in [0, 0.05) is 27.4 Å². The van der Waals surface area contributed by atoms with E-state index in [4.69, 9.17) is 13.3 Å². The van der Waals surface area contributed by atoms with Crippen LogP contribution in [0, 0.1) is 5.92 Å². The summed E-state index contributed by atoms with van der Waals surface area (Å²) < 4.78 is 16.0. The Hall–Kier alpha value is 0.0569. The van der Waals surface area contributed by atoms with E-state index in [1.54, 1.807) is 21.3 Å². The van der Waals surface area contributed by atoms with Crippen molar-refractivity contribution in [2.75, 3.05) is 34.4 Å². The Bertz CT molecular complexity index is 143. The summed E-state index contributed by atoms with van der Waals surface area (Å²) >= 11 is 0. The molecule has 92 valence electrons. The van der Waals surface area contributed by atoms with E-state index in [9.17, 15) is 0 Å². The monoisotopic (exact) mass is 235 g/mol. The second kappa shape index (κ2) is 8.24. The Kier molecular flexibility index (Phi) is 8.27. The molecule has 0 atom stereocenters. The van der Waals surface area contributed by atoms with Crippen molar-refractivity contribution in [1.82, 2.24) is 5.32 Å². The Balaban J connectivity index is 3.63. The topological polar surface area (TPSA) is 39.7 Å². The smallest absolute Gasteiger partial charge is 0.377 e. The van der Waals surface area contributed by atoms with Gasteiger partial charge in [-0.05, 0) is 25.4 Å². The molecule has 15 heavy (non-hydrogen) atoms. The van der Waals surface area contributed by atoms with Crippen LogP contribution in [0.15, 0.2) is 0 Å². The molecule has 0 bridgehead atoms. The van der Waals surface area contributed by atoms with E-state index >= 15 is 0 Å². The van der Waals surface area contributed by atoms with Gasteiger partial charge in [-0.2, -0.15) is 0 Å². The summed E-state index contributed by atoms with van der Waals surface area (Å²) in [6.07, 6.45) is 1.02. The highest BCUT2D eigenvalue weighted by Gasteiger charge is 2.36. The Morgan fingerprint density at radius 3 is 2.00 bits per heavy atom. The predicted molar refractivity (Wildman–Crippen MR) is 63.9 cm³/mol. The van der Waals surface area contributed by atoms with Gasteiger partial charge in [0.05, 0.1) is 0 Å². The van der Waals surface area contributed by atoms with E-state index in [-0.39, 0.29) is 0 Å². The average Bonchev–Trinajstić information content (AvgIpc) is 2.24. The van der Waals surface area contributed by atoms with Crippen molar-refractivity contribution in [3.05, 3.63) is 0 Å². The molecule has 0 unspecified atom stereocenters. The molecule has 0 amide bonds. The lowest BCUT2D eigenvalue weighted by molar-refractivity contribution is 0.123. The van der Waals surface area contributed by atoms with E-state index in [1.807, 2.05) is 0 Å². The van der Waals surface area contributed by atoms with Crippen LogP contribution in [0.1, 0.15) is 20.3 Å². The fourth-order valence-corrected chi connectivity index (χ4v) is 3.10. The third-order valence-corrected chi connectivity index (χ3v) is 5.15. The minimum atomic E-state index is -2.33. The van der Waals surface area contributed by atoms with E-state index in [2.05, 4.69) is 19.2 Å². The van der Waals surface area contributed by atoms with Crippen LogP contribution in [0.3, 0.4) is 0 Å². The van der Waals surface area contributed by atoms with E-state index < -0.39 is 8.80 Å². The highest BCUT2D eigenvalue weighted by Crippen LogP contribution is 2.14. The zero-order valence-electron chi connectivity index (χ0n) is 10.6. The number of nitrogens with one attached hydrogen (secondary N) is 1. The van der Waals surface area contributed by atoms with Gasteiger partial charge in [0.1, 0.15) is 0 Å². The highest BCUT2D eigenvalue weighted by atomic mass is 28.4. The average molecular weight is 235 g/mol. The van der Waals surface area contributed by atoms with Gasteiger partial charge in [0.25, 0.3) is 0 Å². The van der Waals surface area contributed by atoms with Crippen molar-refractivity contribution in [3.63, 3.8) is 0 Å². The maximum atomic E-state index is 5.33. The first-order valence-corrected chi connectivity index (χ1v) is 7.39. The molecule has 0 aliphatic heterocycles. The van der Waals surface area contributed by atoms with E-state index in [1.165, 1.54) is 0 Å². The second-order valence-corrected chi connectivity index (χ2v) is 7.09. The van der Waals surface area contributed by atoms with Gasteiger partial charge in [-0.1, -0.05) is 13.8 Å². The van der Waals surface area contributed by atoms with Crippen molar-refractivity contribution in [2.45, 2.75) is 26.3 Å². The molecule has 0 fully saturated rings. The summed E-state index contributed by atoms with van der Waals surface area (Å²) in [4.78, 5) is 0. The van der Waals surface area contributed by atoms with Crippen molar-refractivity contribution < 1.29 is 13.3 Å². The molecule has 0 saturated heterocycles. The van der Waals surface area contributed by atoms with Crippen LogP contribution >= 0.6 is 0 Å². The minimum absolute atomic E-state index is 0.694. The third-order valence-electron chi connectivity index (χ3n) is 2.32. The molecule has 5 heteroatoms. The van der Waals surface area contributed by atoms with Gasteiger partial charge in [-0.3, -0.25) is 0 Å². The Morgan fingerprint density at radius 2 is 1.60 bits per heavy atom. The standard InChI is InChI=1S/C10H25NO3Si/c1-10(2)9-11-7-6-8-15(12-3,13-4)14-5/h10-11H,6-9H2,1-5H3. The SMILES string of the molecule is CO[Si](CCCNCC(C)C)(OC)OC. The maximum absolute atomic E-state index is 5.33. The molecule has 0 spiro atoms. The minimum Gasteiger partial charge on any atom is -0.377 e. The molecule has 0 rings (SSSR count). The summed E-state index contributed by atoms with van der Waals surface area (Å²) in [5.41, 5.74) is 0. The highest BCUT2D eigenvalue weighted by molar-refractivity contribution is 6.60. The van der Waals surface area contributed by atoms with Gasteiger partial charge in [-0.15, -0.1) is 0 Å². The second-order valence-electron chi connectivity index (χ2n) is 4.00. The van der Waals surface area contributed by atoms with Crippen LogP contribution in [-0.4, -0.2) is 43.2 Å². The summed E-state index contributed by atoms with van der Waals surface area (Å²) in [6, 6.07) is 0.863. The Labute approximate surface area is 94.7 Å². The van der Waals surface area contributed by atoms with Crippen LogP contribution in [0.2, 0.25) is 6.04 Å². The Morgan fingerprint density at radius 1 is 1.07 bits per heavy atom. The molecular weight excluding hydrogens is 210 g/mol. The van der Waals surface area contributed by atoms with Gasteiger partial charge >= 0.3 is 8.80 Å². The molecule has 0 radical (unpaired) electrons. The number of hydrogen-bond acceptors (Lipinski definition) is 4. The van der Waals surface area contributed by atoms with Crippen LogP contribution in [-0.2, 0) is 13.3 Å². The zero-order chi connectivity index (χ0) is 11.7. The maximum Gasteiger partial charge on any atom is 0.500 e. The van der Waals surface area contributed by atoms with Gasteiger partial charge in [0.15, 0.2) is 0 Å². The fourth-order valence-electron chi connectivity index (χ4n) is 1.38. The lowest BCUT2D eigenvalue weighted by Gasteiger charge is -2.24. The summed E-state index contributed by atoms with van der Waals surface area (Å²) in [5, 5.41) is 3.39. The van der Waals surface area contributed by atoms with Gasteiger partial charge in [-0.25, -0.2) is 0 Å². The van der Waals surface area contributed by atoms with Crippen LogP contribution in [0.4, 0.5) is 0 Å². The largest absolute Gasteiger partial charge is 0.500 e. The molecule has 0 aromatic rings. The first kappa shape index (κ1) is 15.1. The molecule has 0 aliphatic rings. The van der Waals surface area contributed by atoms with Crippen LogP contribution < -0.4 is 5.32 Å². The van der Waals surface area contributed by atoms with E-state index in [0.29, 0.717) is 5.92 Å². The van der Waals surface area contributed by atoms with Gasteiger partial charge in [0.2, 0.25) is 0 Å². The number of hydrogen-bond donors (Lipinski definition) is 1. The van der Waals surface area contributed by atoms with Crippen LogP contribution in [0.25, 0.3) is 0 Å². The van der Waals surface area contributed by atoms with Crippen LogP contribution in [0.5, 0.6) is 0 Å². The molecule has 0 heterocycles. The zero-order valence-corrected chi connectivity index (χ0v) is 11.6. The van der Waals surface area contributed by atoms with Crippen molar-refractivity contribution in [2.24, 2.45) is 5.92 Å². The first-order chi connectivity index (χ1) is 7.10. The normalized spacial score (nSPS) is 12.4. The molecule has 0 aromatic carbocycles. The molecule has 0 aromatic heterocycles. The quantitative estimate of drug-likeness (QED) is 0.486. The van der Waals surface area contributed by atoms with Crippen molar-refractivity contribution in [1.29, 1.82) is 0 Å². The lowest BCUT2D eigenvalue weighted by Crippen LogP contribution is -2.43. The first-order valence-electron chi connectivity index (χ1n) is 5.46. The molecular formula is C10H25NO3Si. The third kappa shape index (κ3) is 6.27. The number of rotatable bonds is 9. The molecule has 0 saturated carbocycles. The van der Waals surface area contributed by atoms with Gasteiger partial charge < -0.3 is 18.6 Å². The van der Waals surface area contributed by atoms with Crippen molar-refractivity contribution >= 4 is 8.80 Å². The summed E-state index contributed by atoms with van der Waals surface area (Å²) in [5.74, 6) is 0.694. The molecule has 4 nitrogen and oxygen atoms in total. The van der Waals surface area contributed by atoms with Crippen molar-refractivity contribution in [3.8, 4) is 0 Å².